The molecule has 1 heterocycles. The Morgan fingerprint density at radius 3 is 2.78 bits per heavy atom. The maximum atomic E-state index is 5.61. The van der Waals surface area contributed by atoms with Gasteiger partial charge in [-0.1, -0.05) is 36.4 Å². The Labute approximate surface area is 107 Å². The highest BCUT2D eigenvalue weighted by molar-refractivity contribution is 5.90. The Hall–Kier alpha value is -2.22. The predicted molar refractivity (Wildman–Crippen MR) is 75.6 cm³/mol. The standard InChI is InChI=1S/C16H15NO/c1-3-6-12-11(2)9-10-15-16(12)13-7-4-5-8-14(13)17-18-15/h3-10,17H,1-2H3. The van der Waals surface area contributed by atoms with Gasteiger partial charge in [-0.25, -0.2) is 5.48 Å². The largest absolute Gasteiger partial charge is 0.381 e. The second kappa shape index (κ2) is 4.22. The van der Waals surface area contributed by atoms with E-state index < -0.39 is 0 Å². The van der Waals surface area contributed by atoms with Gasteiger partial charge in [0.15, 0.2) is 5.75 Å². The molecular formula is C16H15NO. The molecule has 1 N–H and O–H groups in total. The van der Waals surface area contributed by atoms with E-state index in [4.69, 9.17) is 4.84 Å². The van der Waals surface area contributed by atoms with Crippen LogP contribution in [0, 0.1) is 6.92 Å². The lowest BCUT2D eigenvalue weighted by Crippen LogP contribution is -2.12. The number of anilines is 1. The van der Waals surface area contributed by atoms with E-state index in [1.54, 1.807) is 0 Å². The first-order chi connectivity index (χ1) is 8.81. The first-order valence-electron chi connectivity index (χ1n) is 6.10. The van der Waals surface area contributed by atoms with Crippen LogP contribution in [-0.2, 0) is 0 Å². The van der Waals surface area contributed by atoms with Crippen molar-refractivity contribution < 1.29 is 4.84 Å². The highest BCUT2D eigenvalue weighted by atomic mass is 16.6. The zero-order valence-electron chi connectivity index (χ0n) is 10.5. The number of nitrogens with one attached hydrogen (secondary N) is 1. The van der Waals surface area contributed by atoms with Crippen molar-refractivity contribution in [2.45, 2.75) is 13.8 Å². The third-order valence-electron chi connectivity index (χ3n) is 3.23. The maximum absolute atomic E-state index is 5.61. The fourth-order valence-corrected chi connectivity index (χ4v) is 2.35. The minimum absolute atomic E-state index is 0.882. The van der Waals surface area contributed by atoms with E-state index in [1.807, 2.05) is 25.1 Å². The number of rotatable bonds is 1. The third kappa shape index (κ3) is 1.58. The molecular weight excluding hydrogens is 222 g/mol. The van der Waals surface area contributed by atoms with E-state index in [0.717, 1.165) is 11.4 Å². The smallest absolute Gasteiger partial charge is 0.163 e. The molecule has 0 atom stereocenters. The van der Waals surface area contributed by atoms with Gasteiger partial charge >= 0.3 is 0 Å². The molecule has 0 radical (unpaired) electrons. The van der Waals surface area contributed by atoms with E-state index in [0.29, 0.717) is 0 Å². The Morgan fingerprint density at radius 2 is 1.94 bits per heavy atom. The quantitative estimate of drug-likeness (QED) is 0.793. The van der Waals surface area contributed by atoms with Crippen molar-refractivity contribution >= 4 is 11.8 Å². The van der Waals surface area contributed by atoms with E-state index >= 15 is 0 Å². The molecule has 0 bridgehead atoms. The van der Waals surface area contributed by atoms with Crippen molar-refractivity contribution in [2.24, 2.45) is 0 Å². The van der Waals surface area contributed by atoms with Crippen molar-refractivity contribution in [3.05, 3.63) is 53.6 Å². The molecule has 2 aromatic carbocycles. The van der Waals surface area contributed by atoms with Crippen LogP contribution >= 0.6 is 0 Å². The summed E-state index contributed by atoms with van der Waals surface area (Å²) in [7, 11) is 0. The topological polar surface area (TPSA) is 21.3 Å². The van der Waals surface area contributed by atoms with Crippen molar-refractivity contribution in [1.29, 1.82) is 0 Å². The zero-order valence-corrected chi connectivity index (χ0v) is 10.5. The number of fused-ring (bicyclic) bond motifs is 3. The molecule has 0 fully saturated rings. The minimum Gasteiger partial charge on any atom is -0.381 e. The molecule has 0 aliphatic carbocycles. The summed E-state index contributed by atoms with van der Waals surface area (Å²) in [5.74, 6) is 0.882. The van der Waals surface area contributed by atoms with Gasteiger partial charge < -0.3 is 4.84 Å². The van der Waals surface area contributed by atoms with Crippen molar-refractivity contribution in [2.75, 3.05) is 5.48 Å². The fraction of sp³-hybridized carbons (Fsp3) is 0.125. The predicted octanol–water partition coefficient (Wildman–Crippen LogP) is 4.41. The Morgan fingerprint density at radius 1 is 1.11 bits per heavy atom. The molecule has 3 rings (SSSR count). The summed E-state index contributed by atoms with van der Waals surface area (Å²) in [6.45, 7) is 4.16. The summed E-state index contributed by atoms with van der Waals surface area (Å²) in [5, 5.41) is 0. The average molecular weight is 237 g/mol. The van der Waals surface area contributed by atoms with Gasteiger partial charge in [0.05, 0.1) is 5.69 Å². The first-order valence-corrected chi connectivity index (χ1v) is 6.10. The van der Waals surface area contributed by atoms with Crippen LogP contribution in [0.3, 0.4) is 0 Å². The van der Waals surface area contributed by atoms with Crippen LogP contribution in [0.2, 0.25) is 0 Å². The van der Waals surface area contributed by atoms with Gasteiger partial charge in [0.25, 0.3) is 0 Å². The number of benzene rings is 2. The summed E-state index contributed by atoms with van der Waals surface area (Å²) in [5.41, 5.74) is 8.84. The minimum atomic E-state index is 0.882. The molecule has 0 spiro atoms. The third-order valence-corrected chi connectivity index (χ3v) is 3.23. The number of para-hydroxylation sites is 1. The highest BCUT2D eigenvalue weighted by Crippen LogP contribution is 2.42. The first kappa shape index (κ1) is 10.9. The van der Waals surface area contributed by atoms with Crippen LogP contribution in [0.1, 0.15) is 18.1 Å². The second-order valence-corrected chi connectivity index (χ2v) is 4.42. The number of hydrogen-bond donors (Lipinski definition) is 1. The molecule has 2 aromatic rings. The molecule has 0 unspecified atom stereocenters. The van der Waals surface area contributed by atoms with Crippen LogP contribution in [0.5, 0.6) is 5.75 Å². The van der Waals surface area contributed by atoms with Crippen LogP contribution in [0.15, 0.2) is 42.5 Å². The van der Waals surface area contributed by atoms with Gasteiger partial charge in [-0.2, -0.15) is 0 Å². The van der Waals surface area contributed by atoms with E-state index in [9.17, 15) is 0 Å². The highest BCUT2D eigenvalue weighted by Gasteiger charge is 2.20. The molecule has 1 aliphatic rings. The van der Waals surface area contributed by atoms with Crippen molar-refractivity contribution in [3.8, 4) is 16.9 Å². The van der Waals surface area contributed by atoms with Crippen LogP contribution in [0.4, 0.5) is 5.69 Å². The van der Waals surface area contributed by atoms with Crippen LogP contribution in [-0.4, -0.2) is 0 Å². The van der Waals surface area contributed by atoms with E-state index in [2.05, 4.69) is 42.8 Å². The Balaban J connectivity index is 2.33. The molecule has 0 aromatic heterocycles. The lowest BCUT2D eigenvalue weighted by Gasteiger charge is -2.23. The van der Waals surface area contributed by atoms with Gasteiger partial charge in [0, 0.05) is 11.1 Å². The van der Waals surface area contributed by atoms with Gasteiger partial charge in [-0.15, -0.1) is 0 Å². The molecule has 2 nitrogen and oxygen atoms in total. The number of aryl methyl sites for hydroxylation is 1. The summed E-state index contributed by atoms with van der Waals surface area (Å²) in [6, 6.07) is 12.3. The molecule has 90 valence electrons. The second-order valence-electron chi connectivity index (χ2n) is 4.42. The molecule has 1 aliphatic heterocycles. The zero-order chi connectivity index (χ0) is 12.5. The lowest BCUT2D eigenvalue weighted by molar-refractivity contribution is 0.402. The normalized spacial score (nSPS) is 12.6. The SMILES string of the molecule is CC=Cc1c(C)ccc2c1-c1ccccc1NO2. The van der Waals surface area contributed by atoms with Crippen molar-refractivity contribution in [1.82, 2.24) is 0 Å². The summed E-state index contributed by atoms with van der Waals surface area (Å²) < 4.78 is 0. The summed E-state index contributed by atoms with van der Waals surface area (Å²) in [6.07, 6.45) is 4.20. The van der Waals surface area contributed by atoms with Gasteiger partial charge in [0.2, 0.25) is 0 Å². The molecule has 0 amide bonds. The summed E-state index contributed by atoms with van der Waals surface area (Å²) in [4.78, 5) is 5.61. The number of hydrogen-bond acceptors (Lipinski definition) is 2. The fourth-order valence-electron chi connectivity index (χ4n) is 2.35. The van der Waals surface area contributed by atoms with Crippen LogP contribution < -0.4 is 10.3 Å². The van der Waals surface area contributed by atoms with Gasteiger partial charge in [-0.05, 0) is 37.1 Å². The van der Waals surface area contributed by atoms with Gasteiger partial charge in [-0.3, -0.25) is 0 Å². The molecule has 0 saturated carbocycles. The van der Waals surface area contributed by atoms with Crippen molar-refractivity contribution in [3.63, 3.8) is 0 Å². The number of allylic oxidation sites excluding steroid dienone is 1. The molecule has 0 saturated heterocycles. The Kier molecular flexibility index (Phi) is 2.56. The molecule has 2 heteroatoms. The van der Waals surface area contributed by atoms with E-state index in [1.165, 1.54) is 22.3 Å². The summed E-state index contributed by atoms with van der Waals surface area (Å²) >= 11 is 0. The Bertz CT molecular complexity index is 629. The molecule has 18 heavy (non-hydrogen) atoms. The maximum Gasteiger partial charge on any atom is 0.163 e. The monoisotopic (exact) mass is 237 g/mol. The lowest BCUT2D eigenvalue weighted by atomic mass is 9.93. The van der Waals surface area contributed by atoms with Crippen LogP contribution in [0.25, 0.3) is 17.2 Å². The van der Waals surface area contributed by atoms with E-state index in [-0.39, 0.29) is 0 Å². The average Bonchev–Trinajstić information content (AvgIpc) is 2.41. The van der Waals surface area contributed by atoms with Gasteiger partial charge in [0.1, 0.15) is 0 Å².